The van der Waals surface area contributed by atoms with Crippen LogP contribution in [0, 0.1) is 13.8 Å². The fourth-order valence-electron chi connectivity index (χ4n) is 2.11. The van der Waals surface area contributed by atoms with Crippen LogP contribution in [0.1, 0.15) is 21.5 Å². The first-order valence-electron chi connectivity index (χ1n) is 7.09. The van der Waals surface area contributed by atoms with E-state index in [4.69, 9.17) is 4.74 Å². The fraction of sp³-hybridized carbons (Fsp3) is 0.278. The maximum atomic E-state index is 12.4. The molecule has 21 heavy (non-hydrogen) atoms. The Bertz CT molecular complexity index is 608. The number of hydrogen-bond acceptors (Lipinski definition) is 2. The van der Waals surface area contributed by atoms with Gasteiger partial charge in [-0.2, -0.15) is 0 Å². The standard InChI is InChI=1S/C18H21NO2/c1-14-8-7-11-17(15(14)2)18(20)19(3)12-13-21-16-9-5-4-6-10-16/h4-11H,12-13H2,1-3H3. The van der Waals surface area contributed by atoms with E-state index in [0.717, 1.165) is 22.4 Å². The van der Waals surface area contributed by atoms with E-state index < -0.39 is 0 Å². The van der Waals surface area contributed by atoms with E-state index in [1.165, 1.54) is 0 Å². The first kappa shape index (κ1) is 15.1. The van der Waals surface area contributed by atoms with Crippen LogP contribution in [-0.4, -0.2) is 31.0 Å². The van der Waals surface area contributed by atoms with Crippen molar-refractivity contribution < 1.29 is 9.53 Å². The van der Waals surface area contributed by atoms with Crippen LogP contribution in [0.5, 0.6) is 5.75 Å². The fourth-order valence-corrected chi connectivity index (χ4v) is 2.11. The van der Waals surface area contributed by atoms with Crippen molar-refractivity contribution in [2.24, 2.45) is 0 Å². The zero-order valence-electron chi connectivity index (χ0n) is 12.8. The maximum absolute atomic E-state index is 12.4. The summed E-state index contributed by atoms with van der Waals surface area (Å²) in [6.45, 7) is 5.04. The molecule has 0 aliphatic heterocycles. The molecule has 2 aromatic rings. The van der Waals surface area contributed by atoms with Crippen molar-refractivity contribution in [1.29, 1.82) is 0 Å². The van der Waals surface area contributed by atoms with Crippen molar-refractivity contribution in [2.45, 2.75) is 13.8 Å². The summed E-state index contributed by atoms with van der Waals surface area (Å²) in [5, 5.41) is 0. The van der Waals surface area contributed by atoms with Crippen LogP contribution in [0.4, 0.5) is 0 Å². The van der Waals surface area contributed by atoms with Crippen LogP contribution in [0.2, 0.25) is 0 Å². The minimum absolute atomic E-state index is 0.0351. The second kappa shape index (κ2) is 6.93. The first-order chi connectivity index (χ1) is 10.1. The summed E-state index contributed by atoms with van der Waals surface area (Å²) in [4.78, 5) is 14.1. The highest BCUT2D eigenvalue weighted by atomic mass is 16.5. The van der Waals surface area contributed by atoms with Gasteiger partial charge in [-0.3, -0.25) is 4.79 Å². The summed E-state index contributed by atoms with van der Waals surface area (Å²) >= 11 is 0. The molecule has 0 fully saturated rings. The molecule has 0 unspecified atom stereocenters. The number of carbonyl (C=O) groups excluding carboxylic acids is 1. The van der Waals surface area contributed by atoms with Gasteiger partial charge in [-0.05, 0) is 43.2 Å². The molecule has 0 aromatic heterocycles. The van der Waals surface area contributed by atoms with Gasteiger partial charge < -0.3 is 9.64 Å². The lowest BCUT2D eigenvalue weighted by atomic mass is 10.0. The Morgan fingerprint density at radius 2 is 1.76 bits per heavy atom. The summed E-state index contributed by atoms with van der Waals surface area (Å²) in [7, 11) is 1.80. The van der Waals surface area contributed by atoms with E-state index >= 15 is 0 Å². The Labute approximate surface area is 126 Å². The molecule has 2 aromatic carbocycles. The molecule has 0 aliphatic carbocycles. The molecule has 0 radical (unpaired) electrons. The summed E-state index contributed by atoms with van der Waals surface area (Å²) in [5.41, 5.74) is 2.94. The number of carbonyl (C=O) groups is 1. The van der Waals surface area contributed by atoms with E-state index in [1.807, 2.05) is 62.4 Å². The van der Waals surface area contributed by atoms with Crippen LogP contribution in [0.25, 0.3) is 0 Å². The molecule has 0 aliphatic rings. The molecule has 1 amide bonds. The summed E-state index contributed by atoms with van der Waals surface area (Å²) in [5.74, 6) is 0.859. The predicted molar refractivity (Wildman–Crippen MR) is 84.8 cm³/mol. The summed E-state index contributed by atoms with van der Waals surface area (Å²) < 4.78 is 5.62. The molecule has 0 spiro atoms. The van der Waals surface area contributed by atoms with Crippen molar-refractivity contribution in [1.82, 2.24) is 4.90 Å². The number of para-hydroxylation sites is 1. The Morgan fingerprint density at radius 3 is 2.48 bits per heavy atom. The molecule has 0 heterocycles. The van der Waals surface area contributed by atoms with Gasteiger partial charge >= 0.3 is 0 Å². The summed E-state index contributed by atoms with van der Waals surface area (Å²) in [6.07, 6.45) is 0. The van der Waals surface area contributed by atoms with E-state index in [0.29, 0.717) is 13.2 Å². The largest absolute Gasteiger partial charge is 0.492 e. The van der Waals surface area contributed by atoms with Crippen molar-refractivity contribution in [3.63, 3.8) is 0 Å². The number of benzene rings is 2. The third-order valence-electron chi connectivity index (χ3n) is 3.62. The number of hydrogen-bond donors (Lipinski definition) is 0. The lowest BCUT2D eigenvalue weighted by molar-refractivity contribution is 0.0773. The average molecular weight is 283 g/mol. The highest BCUT2D eigenvalue weighted by Crippen LogP contribution is 2.14. The predicted octanol–water partition coefficient (Wildman–Crippen LogP) is 3.45. The molecule has 3 heteroatoms. The topological polar surface area (TPSA) is 29.5 Å². The Morgan fingerprint density at radius 1 is 1.05 bits per heavy atom. The normalized spacial score (nSPS) is 10.2. The van der Waals surface area contributed by atoms with Gasteiger partial charge in [0.15, 0.2) is 0 Å². The van der Waals surface area contributed by atoms with Gasteiger partial charge in [0, 0.05) is 12.6 Å². The second-order valence-electron chi connectivity index (χ2n) is 5.14. The first-order valence-corrected chi connectivity index (χ1v) is 7.09. The molecule has 0 saturated carbocycles. The van der Waals surface area contributed by atoms with Gasteiger partial charge in [0.2, 0.25) is 0 Å². The Kier molecular flexibility index (Phi) is 4.99. The number of ether oxygens (including phenoxy) is 1. The van der Waals surface area contributed by atoms with Crippen molar-refractivity contribution >= 4 is 5.91 Å². The van der Waals surface area contributed by atoms with Gasteiger partial charge in [-0.15, -0.1) is 0 Å². The molecular weight excluding hydrogens is 262 g/mol. The minimum atomic E-state index is 0.0351. The molecule has 0 saturated heterocycles. The zero-order valence-corrected chi connectivity index (χ0v) is 12.8. The molecule has 3 nitrogen and oxygen atoms in total. The third kappa shape index (κ3) is 3.85. The number of rotatable bonds is 5. The van der Waals surface area contributed by atoms with Gasteiger partial charge in [-0.1, -0.05) is 30.3 Å². The lowest BCUT2D eigenvalue weighted by Gasteiger charge is -2.19. The van der Waals surface area contributed by atoms with Gasteiger partial charge in [0.25, 0.3) is 5.91 Å². The Hall–Kier alpha value is -2.29. The van der Waals surface area contributed by atoms with E-state index in [2.05, 4.69) is 0 Å². The molecular formula is C18H21NO2. The second-order valence-corrected chi connectivity index (χ2v) is 5.14. The Balaban J connectivity index is 1.92. The lowest BCUT2D eigenvalue weighted by Crippen LogP contribution is -2.31. The monoisotopic (exact) mass is 283 g/mol. The van der Waals surface area contributed by atoms with Crippen molar-refractivity contribution in [3.05, 3.63) is 65.2 Å². The van der Waals surface area contributed by atoms with Gasteiger partial charge in [0.05, 0.1) is 6.54 Å². The van der Waals surface area contributed by atoms with E-state index in [1.54, 1.807) is 11.9 Å². The van der Waals surface area contributed by atoms with Gasteiger partial charge in [0.1, 0.15) is 12.4 Å². The van der Waals surface area contributed by atoms with Crippen LogP contribution >= 0.6 is 0 Å². The van der Waals surface area contributed by atoms with Crippen LogP contribution in [0.15, 0.2) is 48.5 Å². The maximum Gasteiger partial charge on any atom is 0.253 e. The van der Waals surface area contributed by atoms with Gasteiger partial charge in [-0.25, -0.2) is 0 Å². The SMILES string of the molecule is Cc1cccc(C(=O)N(C)CCOc2ccccc2)c1C. The smallest absolute Gasteiger partial charge is 0.253 e. The van der Waals surface area contributed by atoms with Crippen LogP contribution in [0.3, 0.4) is 0 Å². The molecule has 110 valence electrons. The number of amides is 1. The summed E-state index contributed by atoms with van der Waals surface area (Å²) in [6, 6.07) is 15.4. The van der Waals surface area contributed by atoms with Crippen LogP contribution in [-0.2, 0) is 0 Å². The number of likely N-dealkylation sites (N-methyl/N-ethyl adjacent to an activating group) is 1. The molecule has 0 atom stereocenters. The number of nitrogens with zero attached hydrogens (tertiary/aromatic N) is 1. The molecule has 2 rings (SSSR count). The highest BCUT2D eigenvalue weighted by Gasteiger charge is 2.14. The number of aryl methyl sites for hydroxylation is 1. The third-order valence-corrected chi connectivity index (χ3v) is 3.62. The van der Waals surface area contributed by atoms with Crippen molar-refractivity contribution in [2.75, 3.05) is 20.2 Å². The average Bonchev–Trinajstić information content (AvgIpc) is 2.50. The zero-order chi connectivity index (χ0) is 15.2. The van der Waals surface area contributed by atoms with Crippen molar-refractivity contribution in [3.8, 4) is 5.75 Å². The molecule has 0 bridgehead atoms. The molecule has 0 N–H and O–H groups in total. The van der Waals surface area contributed by atoms with E-state index in [-0.39, 0.29) is 5.91 Å². The minimum Gasteiger partial charge on any atom is -0.492 e. The quantitative estimate of drug-likeness (QED) is 0.841. The highest BCUT2D eigenvalue weighted by molar-refractivity contribution is 5.95. The van der Waals surface area contributed by atoms with Crippen LogP contribution < -0.4 is 4.74 Å². The van der Waals surface area contributed by atoms with E-state index in [9.17, 15) is 4.79 Å².